The Kier molecular flexibility index (Phi) is 4.15. The van der Waals surface area contributed by atoms with Crippen LogP contribution in [0, 0.1) is 6.92 Å². The normalized spacial score (nSPS) is 11.6. The van der Waals surface area contributed by atoms with Gasteiger partial charge in [0.2, 0.25) is 0 Å². The van der Waals surface area contributed by atoms with Gasteiger partial charge in [0.05, 0.1) is 5.56 Å². The molecule has 0 saturated carbocycles. The van der Waals surface area contributed by atoms with Crippen LogP contribution >= 0.6 is 0 Å². The smallest absolute Gasteiger partial charge is 0.370 e. The molecule has 1 aromatic rings. The molecule has 1 N–H and O–H groups in total. The predicted molar refractivity (Wildman–Crippen MR) is 57.4 cm³/mol. The SMILES string of the molecule is CCCCNc1ncc(C(F)(F)F)cc1C. The maximum Gasteiger partial charge on any atom is 0.417 e. The molecule has 0 amide bonds. The Hall–Kier alpha value is -1.26. The fourth-order valence-corrected chi connectivity index (χ4v) is 1.30. The van der Waals surface area contributed by atoms with Crippen molar-refractivity contribution in [1.29, 1.82) is 0 Å². The second-order valence-electron chi connectivity index (χ2n) is 3.67. The highest BCUT2D eigenvalue weighted by atomic mass is 19.4. The molecule has 2 nitrogen and oxygen atoms in total. The van der Waals surface area contributed by atoms with Crippen LogP contribution in [0.5, 0.6) is 0 Å². The van der Waals surface area contributed by atoms with Gasteiger partial charge in [0.15, 0.2) is 0 Å². The summed E-state index contributed by atoms with van der Waals surface area (Å²) in [7, 11) is 0. The summed E-state index contributed by atoms with van der Waals surface area (Å²) in [6.45, 7) is 4.40. The van der Waals surface area contributed by atoms with Crippen LogP contribution in [0.1, 0.15) is 30.9 Å². The van der Waals surface area contributed by atoms with Gasteiger partial charge in [-0.2, -0.15) is 13.2 Å². The number of unbranched alkanes of at least 4 members (excludes halogenated alkanes) is 1. The van der Waals surface area contributed by atoms with Gasteiger partial charge in [-0.05, 0) is 25.0 Å². The van der Waals surface area contributed by atoms with Gasteiger partial charge in [0.25, 0.3) is 0 Å². The molecule has 1 aromatic heterocycles. The number of nitrogens with one attached hydrogen (secondary N) is 1. The van der Waals surface area contributed by atoms with E-state index in [9.17, 15) is 13.2 Å². The molecule has 1 rings (SSSR count). The van der Waals surface area contributed by atoms with Crippen molar-refractivity contribution in [3.8, 4) is 0 Å². The third-order valence-corrected chi connectivity index (χ3v) is 2.23. The zero-order valence-corrected chi connectivity index (χ0v) is 9.36. The highest BCUT2D eigenvalue weighted by Gasteiger charge is 2.31. The minimum absolute atomic E-state index is 0.519. The molecule has 0 aliphatic rings. The molecular formula is C11H15F3N2. The van der Waals surface area contributed by atoms with Gasteiger partial charge in [-0.3, -0.25) is 0 Å². The first-order valence-corrected chi connectivity index (χ1v) is 5.23. The number of nitrogens with zero attached hydrogens (tertiary/aromatic N) is 1. The second-order valence-corrected chi connectivity index (χ2v) is 3.67. The summed E-state index contributed by atoms with van der Waals surface area (Å²) in [4.78, 5) is 3.79. The van der Waals surface area contributed by atoms with Crippen LogP contribution in [0.4, 0.5) is 19.0 Å². The van der Waals surface area contributed by atoms with E-state index in [1.165, 1.54) is 0 Å². The van der Waals surface area contributed by atoms with Crippen LogP contribution in [0.25, 0.3) is 0 Å². The highest BCUT2D eigenvalue weighted by molar-refractivity contribution is 5.44. The third-order valence-electron chi connectivity index (χ3n) is 2.23. The third kappa shape index (κ3) is 3.40. The molecule has 90 valence electrons. The van der Waals surface area contributed by atoms with Crippen LogP contribution in [-0.2, 0) is 6.18 Å². The molecule has 0 fully saturated rings. The summed E-state index contributed by atoms with van der Waals surface area (Å²) >= 11 is 0. The van der Waals surface area contributed by atoms with E-state index in [0.717, 1.165) is 31.6 Å². The molecule has 5 heteroatoms. The average Bonchev–Trinajstić information content (AvgIpc) is 2.19. The van der Waals surface area contributed by atoms with Gasteiger partial charge < -0.3 is 5.32 Å². The number of rotatable bonds is 4. The lowest BCUT2D eigenvalue weighted by molar-refractivity contribution is -0.137. The van der Waals surface area contributed by atoms with Crippen LogP contribution in [-0.4, -0.2) is 11.5 Å². The molecule has 0 radical (unpaired) electrons. The molecular weight excluding hydrogens is 217 g/mol. The number of alkyl halides is 3. The molecule has 0 spiro atoms. The van der Waals surface area contributed by atoms with E-state index in [1.54, 1.807) is 6.92 Å². The summed E-state index contributed by atoms with van der Waals surface area (Å²) in [5.41, 5.74) is -0.183. The van der Waals surface area contributed by atoms with Crippen molar-refractivity contribution in [2.75, 3.05) is 11.9 Å². The summed E-state index contributed by atoms with van der Waals surface area (Å²) in [6, 6.07) is 1.11. The van der Waals surface area contributed by atoms with E-state index < -0.39 is 11.7 Å². The maximum atomic E-state index is 12.3. The molecule has 1 heterocycles. The van der Waals surface area contributed by atoms with Crippen LogP contribution < -0.4 is 5.32 Å². The molecule has 16 heavy (non-hydrogen) atoms. The second kappa shape index (κ2) is 5.18. The van der Waals surface area contributed by atoms with Crippen molar-refractivity contribution in [3.05, 3.63) is 23.4 Å². The largest absolute Gasteiger partial charge is 0.417 e. The van der Waals surface area contributed by atoms with Crippen molar-refractivity contribution in [2.24, 2.45) is 0 Å². The average molecular weight is 232 g/mol. The number of hydrogen-bond donors (Lipinski definition) is 1. The summed E-state index contributed by atoms with van der Waals surface area (Å²) in [6.07, 6.45) is -1.45. The van der Waals surface area contributed by atoms with Gasteiger partial charge in [-0.1, -0.05) is 13.3 Å². The molecule has 0 saturated heterocycles. The first kappa shape index (κ1) is 12.8. The molecule has 0 bridgehead atoms. The number of pyridine rings is 1. The summed E-state index contributed by atoms with van der Waals surface area (Å²) < 4.78 is 37.0. The first-order chi connectivity index (χ1) is 7.45. The standard InChI is InChI=1S/C11H15F3N2/c1-3-4-5-15-10-8(2)6-9(7-16-10)11(12,13)14/h6-7H,3-5H2,1-2H3,(H,15,16). The molecule has 0 atom stereocenters. The Morgan fingerprint density at radius 3 is 2.56 bits per heavy atom. The fraction of sp³-hybridized carbons (Fsp3) is 0.545. The van der Waals surface area contributed by atoms with Gasteiger partial charge in [0.1, 0.15) is 5.82 Å². The lowest BCUT2D eigenvalue weighted by Gasteiger charge is -2.11. The van der Waals surface area contributed by atoms with E-state index in [0.29, 0.717) is 11.4 Å². The van der Waals surface area contributed by atoms with Crippen molar-refractivity contribution in [1.82, 2.24) is 4.98 Å². The van der Waals surface area contributed by atoms with Crippen LogP contribution in [0.2, 0.25) is 0 Å². The van der Waals surface area contributed by atoms with E-state index >= 15 is 0 Å². The Bertz CT molecular complexity index is 348. The van der Waals surface area contributed by atoms with Crippen molar-refractivity contribution < 1.29 is 13.2 Å². The summed E-state index contributed by atoms with van der Waals surface area (Å²) in [5, 5.41) is 3.01. The molecule has 0 aliphatic carbocycles. The van der Waals surface area contributed by atoms with E-state index in [1.807, 2.05) is 0 Å². The van der Waals surface area contributed by atoms with E-state index in [2.05, 4.69) is 17.2 Å². The Balaban J connectivity index is 2.76. The number of anilines is 1. The van der Waals surface area contributed by atoms with Crippen LogP contribution in [0.15, 0.2) is 12.3 Å². The lowest BCUT2D eigenvalue weighted by atomic mass is 10.2. The molecule has 0 aliphatic heterocycles. The number of hydrogen-bond acceptors (Lipinski definition) is 2. The zero-order valence-electron chi connectivity index (χ0n) is 9.36. The number of halogens is 3. The van der Waals surface area contributed by atoms with Gasteiger partial charge in [0, 0.05) is 12.7 Å². The quantitative estimate of drug-likeness (QED) is 0.802. The monoisotopic (exact) mass is 232 g/mol. The van der Waals surface area contributed by atoms with Crippen molar-refractivity contribution in [2.45, 2.75) is 32.9 Å². The summed E-state index contributed by atoms with van der Waals surface area (Å²) in [5.74, 6) is 0.529. The Morgan fingerprint density at radius 2 is 2.06 bits per heavy atom. The zero-order chi connectivity index (χ0) is 12.2. The molecule has 0 aromatic carbocycles. The Labute approximate surface area is 92.9 Å². The maximum absolute atomic E-state index is 12.3. The van der Waals surface area contributed by atoms with Gasteiger partial charge >= 0.3 is 6.18 Å². The minimum atomic E-state index is -4.32. The number of aryl methyl sites for hydroxylation is 1. The van der Waals surface area contributed by atoms with Crippen LogP contribution in [0.3, 0.4) is 0 Å². The first-order valence-electron chi connectivity index (χ1n) is 5.23. The Morgan fingerprint density at radius 1 is 1.38 bits per heavy atom. The van der Waals surface area contributed by atoms with E-state index in [-0.39, 0.29) is 0 Å². The number of aromatic nitrogens is 1. The molecule has 0 unspecified atom stereocenters. The van der Waals surface area contributed by atoms with Gasteiger partial charge in [-0.15, -0.1) is 0 Å². The topological polar surface area (TPSA) is 24.9 Å². The van der Waals surface area contributed by atoms with E-state index in [4.69, 9.17) is 0 Å². The predicted octanol–water partition coefficient (Wildman–Crippen LogP) is 3.62. The van der Waals surface area contributed by atoms with Gasteiger partial charge in [-0.25, -0.2) is 4.98 Å². The van der Waals surface area contributed by atoms with Crippen molar-refractivity contribution in [3.63, 3.8) is 0 Å². The fourth-order valence-electron chi connectivity index (χ4n) is 1.30. The highest BCUT2D eigenvalue weighted by Crippen LogP contribution is 2.30. The lowest BCUT2D eigenvalue weighted by Crippen LogP contribution is -2.09. The minimum Gasteiger partial charge on any atom is -0.370 e. The van der Waals surface area contributed by atoms with Crippen molar-refractivity contribution >= 4 is 5.82 Å².